The molecule has 1 aromatic heterocycles. The molecule has 3 rings (SSSR count). The molecule has 1 N–H and O–H groups in total. The average molecular weight is 351 g/mol. The molecule has 0 bridgehead atoms. The lowest BCUT2D eigenvalue weighted by atomic mass is 10.2. The number of carbonyl (C=O) groups excluding carboxylic acids is 2. The Hall–Kier alpha value is -3.48. The van der Waals surface area contributed by atoms with Crippen molar-refractivity contribution in [3.05, 3.63) is 65.9 Å². The fraction of sp³-hybridized carbons (Fsp3) is 0.158. The monoisotopic (exact) mass is 351 g/mol. The van der Waals surface area contributed by atoms with Gasteiger partial charge in [-0.15, -0.1) is 10.2 Å². The molecule has 3 aromatic rings. The fourth-order valence-corrected chi connectivity index (χ4v) is 2.30. The number of hydrogen-bond acceptors (Lipinski definition) is 6. The highest BCUT2D eigenvalue weighted by Gasteiger charge is 2.11. The molecule has 0 radical (unpaired) electrons. The van der Waals surface area contributed by atoms with Crippen molar-refractivity contribution in [3.63, 3.8) is 0 Å². The van der Waals surface area contributed by atoms with Gasteiger partial charge in [-0.25, -0.2) is 9.59 Å². The number of anilines is 1. The van der Waals surface area contributed by atoms with Crippen LogP contribution in [0.1, 0.15) is 23.0 Å². The van der Waals surface area contributed by atoms with Crippen LogP contribution in [-0.2, 0) is 16.1 Å². The molecule has 0 fully saturated rings. The number of nitrogens with one attached hydrogen (secondary N) is 1. The topological polar surface area (TPSA) is 90.4 Å². The van der Waals surface area contributed by atoms with E-state index in [0.717, 1.165) is 5.56 Å². The van der Waals surface area contributed by atoms with E-state index in [4.69, 9.17) is 9.47 Å². The van der Waals surface area contributed by atoms with Gasteiger partial charge in [-0.1, -0.05) is 30.3 Å². The molecule has 0 aliphatic rings. The maximum absolute atomic E-state index is 11.9. The molecule has 7 heteroatoms. The molecule has 0 spiro atoms. The first-order valence-corrected chi connectivity index (χ1v) is 8.08. The van der Waals surface area contributed by atoms with E-state index in [-0.39, 0.29) is 18.9 Å². The van der Waals surface area contributed by atoms with Crippen LogP contribution in [0.15, 0.2) is 54.6 Å². The molecule has 2 aromatic carbocycles. The molecule has 0 unspecified atom stereocenters. The van der Waals surface area contributed by atoms with Gasteiger partial charge in [-0.05, 0) is 36.8 Å². The van der Waals surface area contributed by atoms with Crippen molar-refractivity contribution < 1.29 is 19.1 Å². The van der Waals surface area contributed by atoms with Gasteiger partial charge in [0.25, 0.3) is 0 Å². The van der Waals surface area contributed by atoms with Gasteiger partial charge in [0.15, 0.2) is 5.69 Å². The van der Waals surface area contributed by atoms with Crippen molar-refractivity contribution in [1.29, 1.82) is 0 Å². The second kappa shape index (κ2) is 8.06. The van der Waals surface area contributed by atoms with Crippen LogP contribution < -0.4 is 5.32 Å². The summed E-state index contributed by atoms with van der Waals surface area (Å²) in [4.78, 5) is 23.7. The van der Waals surface area contributed by atoms with Crippen LogP contribution in [0, 0.1) is 0 Å². The molecule has 0 atom stereocenters. The van der Waals surface area contributed by atoms with Gasteiger partial charge < -0.3 is 9.47 Å². The Morgan fingerprint density at radius 2 is 1.81 bits per heavy atom. The molecular formula is C19H17N3O4. The Bertz CT molecular complexity index is 928. The summed E-state index contributed by atoms with van der Waals surface area (Å²) in [7, 11) is 0. The molecule has 26 heavy (non-hydrogen) atoms. The Labute approximate surface area is 150 Å². The highest BCUT2D eigenvalue weighted by atomic mass is 16.5. The van der Waals surface area contributed by atoms with Crippen LogP contribution >= 0.6 is 0 Å². The van der Waals surface area contributed by atoms with Crippen LogP contribution in [0.2, 0.25) is 0 Å². The van der Waals surface area contributed by atoms with Crippen molar-refractivity contribution in [2.24, 2.45) is 0 Å². The number of carbonyl (C=O) groups is 2. The van der Waals surface area contributed by atoms with E-state index < -0.39 is 12.1 Å². The van der Waals surface area contributed by atoms with E-state index in [0.29, 0.717) is 16.6 Å². The molecule has 0 aliphatic carbocycles. The van der Waals surface area contributed by atoms with Gasteiger partial charge in [0.05, 0.1) is 12.1 Å². The standard InChI is InChI=1S/C19H17N3O4/c1-2-25-18(23)17-11-14-10-15(8-9-16(14)21-22-17)20-19(24)26-12-13-6-4-3-5-7-13/h3-11H,2,12H2,1H3,(H,20,24). The molecule has 1 heterocycles. The molecule has 0 saturated heterocycles. The van der Waals surface area contributed by atoms with Crippen molar-refractivity contribution in [1.82, 2.24) is 10.2 Å². The predicted molar refractivity (Wildman–Crippen MR) is 95.7 cm³/mol. The van der Waals surface area contributed by atoms with E-state index in [1.165, 1.54) is 0 Å². The predicted octanol–water partition coefficient (Wildman–Crippen LogP) is 3.56. The third-order valence-corrected chi connectivity index (χ3v) is 3.53. The molecule has 0 aliphatic heterocycles. The van der Waals surface area contributed by atoms with Crippen molar-refractivity contribution in [2.45, 2.75) is 13.5 Å². The van der Waals surface area contributed by atoms with Gasteiger partial charge in [-0.2, -0.15) is 0 Å². The van der Waals surface area contributed by atoms with Crippen molar-refractivity contribution >= 4 is 28.7 Å². The third-order valence-electron chi connectivity index (χ3n) is 3.53. The van der Waals surface area contributed by atoms with E-state index in [9.17, 15) is 9.59 Å². The van der Waals surface area contributed by atoms with Crippen LogP contribution in [0.4, 0.5) is 10.5 Å². The second-order valence-corrected chi connectivity index (χ2v) is 5.41. The molecule has 7 nitrogen and oxygen atoms in total. The van der Waals surface area contributed by atoms with Gasteiger partial charge in [0.1, 0.15) is 6.61 Å². The Morgan fingerprint density at radius 3 is 2.58 bits per heavy atom. The summed E-state index contributed by atoms with van der Waals surface area (Å²) in [6.45, 7) is 2.15. The van der Waals surface area contributed by atoms with E-state index in [1.807, 2.05) is 30.3 Å². The zero-order valence-corrected chi connectivity index (χ0v) is 14.1. The number of esters is 1. The summed E-state index contributed by atoms with van der Waals surface area (Å²) in [5.74, 6) is -0.539. The van der Waals surface area contributed by atoms with Crippen LogP contribution in [0.5, 0.6) is 0 Å². The van der Waals surface area contributed by atoms with E-state index in [1.54, 1.807) is 31.2 Å². The molecular weight excluding hydrogens is 334 g/mol. The molecule has 132 valence electrons. The third kappa shape index (κ3) is 4.32. The summed E-state index contributed by atoms with van der Waals surface area (Å²) >= 11 is 0. The van der Waals surface area contributed by atoms with Crippen molar-refractivity contribution in [3.8, 4) is 0 Å². The summed E-state index contributed by atoms with van der Waals surface area (Å²) in [6, 6.07) is 16.0. The number of aromatic nitrogens is 2. The maximum Gasteiger partial charge on any atom is 0.411 e. The minimum atomic E-state index is -0.569. The lowest BCUT2D eigenvalue weighted by molar-refractivity contribution is 0.0518. The number of ether oxygens (including phenoxy) is 2. The summed E-state index contributed by atoms with van der Waals surface area (Å²) in [6.07, 6.45) is -0.569. The summed E-state index contributed by atoms with van der Waals surface area (Å²) < 4.78 is 10.1. The first-order chi connectivity index (χ1) is 12.7. The molecule has 0 saturated carbocycles. The number of nitrogens with zero attached hydrogens (tertiary/aromatic N) is 2. The minimum Gasteiger partial charge on any atom is -0.461 e. The summed E-state index contributed by atoms with van der Waals surface area (Å²) in [5, 5.41) is 11.1. The van der Waals surface area contributed by atoms with Crippen molar-refractivity contribution in [2.75, 3.05) is 11.9 Å². The number of amides is 1. The van der Waals surface area contributed by atoms with Gasteiger partial charge >= 0.3 is 12.1 Å². The fourth-order valence-electron chi connectivity index (χ4n) is 2.30. The van der Waals surface area contributed by atoms with E-state index in [2.05, 4.69) is 15.5 Å². The normalized spacial score (nSPS) is 10.3. The zero-order chi connectivity index (χ0) is 18.4. The SMILES string of the molecule is CCOC(=O)c1cc2cc(NC(=O)OCc3ccccc3)ccc2nn1. The van der Waals surface area contributed by atoms with Gasteiger partial charge in [0, 0.05) is 11.1 Å². The maximum atomic E-state index is 11.9. The number of benzene rings is 2. The Balaban J connectivity index is 1.69. The minimum absolute atomic E-state index is 0.114. The Kier molecular flexibility index (Phi) is 5.38. The lowest BCUT2D eigenvalue weighted by Gasteiger charge is -2.08. The van der Waals surface area contributed by atoms with Gasteiger partial charge in [0.2, 0.25) is 0 Å². The zero-order valence-electron chi connectivity index (χ0n) is 14.1. The average Bonchev–Trinajstić information content (AvgIpc) is 2.67. The lowest BCUT2D eigenvalue weighted by Crippen LogP contribution is -2.13. The summed E-state index contributed by atoms with van der Waals surface area (Å²) in [5.41, 5.74) is 2.14. The van der Waals surface area contributed by atoms with Gasteiger partial charge in [-0.3, -0.25) is 5.32 Å². The largest absolute Gasteiger partial charge is 0.461 e. The number of fused-ring (bicyclic) bond motifs is 1. The first kappa shape index (κ1) is 17.3. The highest BCUT2D eigenvalue weighted by Crippen LogP contribution is 2.18. The Morgan fingerprint density at radius 1 is 1.00 bits per heavy atom. The highest BCUT2D eigenvalue weighted by molar-refractivity contribution is 5.94. The number of rotatable bonds is 5. The number of hydrogen-bond donors (Lipinski definition) is 1. The van der Waals surface area contributed by atoms with Crippen LogP contribution in [0.3, 0.4) is 0 Å². The second-order valence-electron chi connectivity index (χ2n) is 5.41. The quantitative estimate of drug-likeness (QED) is 0.707. The van der Waals surface area contributed by atoms with Crippen LogP contribution in [0.25, 0.3) is 10.9 Å². The smallest absolute Gasteiger partial charge is 0.411 e. The first-order valence-electron chi connectivity index (χ1n) is 8.08. The van der Waals surface area contributed by atoms with Crippen LogP contribution in [-0.4, -0.2) is 28.9 Å². The van der Waals surface area contributed by atoms with E-state index >= 15 is 0 Å². The molecule has 1 amide bonds.